The zero-order valence-electron chi connectivity index (χ0n) is 17.3. The molecule has 1 aliphatic rings. The van der Waals surface area contributed by atoms with Crippen LogP contribution in [0, 0.1) is 12.7 Å². The van der Waals surface area contributed by atoms with E-state index in [1.165, 1.54) is 17.0 Å². The van der Waals surface area contributed by atoms with Crippen LogP contribution >= 0.6 is 15.9 Å². The summed E-state index contributed by atoms with van der Waals surface area (Å²) in [6.07, 6.45) is -0.117. The normalized spacial score (nSPS) is 15.8. The third-order valence-corrected chi connectivity index (χ3v) is 5.94. The molecule has 1 atom stereocenters. The van der Waals surface area contributed by atoms with Crippen LogP contribution in [0.15, 0.2) is 77.3 Å². The van der Waals surface area contributed by atoms with Gasteiger partial charge in [0.25, 0.3) is 11.8 Å². The molecule has 0 N–H and O–H groups in total. The van der Waals surface area contributed by atoms with Gasteiger partial charge in [-0.25, -0.2) is 9.29 Å². The second-order valence-corrected chi connectivity index (χ2v) is 8.60. The van der Waals surface area contributed by atoms with Gasteiger partial charge in [-0.15, -0.1) is 0 Å². The van der Waals surface area contributed by atoms with Crippen molar-refractivity contribution in [3.8, 4) is 0 Å². The maximum atomic E-state index is 13.4. The predicted octanol–water partition coefficient (Wildman–Crippen LogP) is 4.87. The van der Waals surface area contributed by atoms with Crippen LogP contribution in [0.3, 0.4) is 0 Å². The molecule has 162 valence electrons. The van der Waals surface area contributed by atoms with Gasteiger partial charge in [0.2, 0.25) is 5.91 Å². The van der Waals surface area contributed by atoms with Crippen LogP contribution in [-0.2, 0) is 16.1 Å². The number of nitrogens with zero attached hydrogens (tertiary/aromatic N) is 2. The number of amides is 3. The molecular weight excluding hydrogens is 475 g/mol. The lowest BCUT2D eigenvalue weighted by molar-refractivity contribution is -0.122. The minimum Gasteiger partial charge on any atom is -0.322 e. The van der Waals surface area contributed by atoms with Gasteiger partial charge < -0.3 is 4.90 Å². The standard InChI is InChI=1S/C25H20BrFN2O3/c1-16-2-6-18(7-3-16)24(31)28(15-17-4-10-20(27)11-5-17)22-14-23(30)29(25(22)32)21-12-8-19(26)9-13-21/h2-13,22H,14-15H2,1H3. The second-order valence-electron chi connectivity index (χ2n) is 7.69. The van der Waals surface area contributed by atoms with E-state index in [0.29, 0.717) is 16.8 Å². The first-order valence-electron chi connectivity index (χ1n) is 10.1. The zero-order valence-corrected chi connectivity index (χ0v) is 18.9. The molecule has 0 radical (unpaired) electrons. The van der Waals surface area contributed by atoms with Crippen molar-refractivity contribution in [2.24, 2.45) is 0 Å². The van der Waals surface area contributed by atoms with E-state index in [-0.39, 0.29) is 24.8 Å². The van der Waals surface area contributed by atoms with Gasteiger partial charge in [0.1, 0.15) is 11.9 Å². The van der Waals surface area contributed by atoms with Gasteiger partial charge >= 0.3 is 0 Å². The lowest BCUT2D eigenvalue weighted by Gasteiger charge is -2.28. The molecule has 3 amide bonds. The number of hydrogen-bond acceptors (Lipinski definition) is 3. The molecule has 1 fully saturated rings. The largest absolute Gasteiger partial charge is 0.322 e. The summed E-state index contributed by atoms with van der Waals surface area (Å²) in [6, 6.07) is 18.7. The Morgan fingerprint density at radius 2 is 1.62 bits per heavy atom. The molecule has 1 heterocycles. The summed E-state index contributed by atoms with van der Waals surface area (Å²) >= 11 is 3.34. The summed E-state index contributed by atoms with van der Waals surface area (Å²) in [5, 5.41) is 0. The van der Waals surface area contributed by atoms with Crippen LogP contribution < -0.4 is 4.90 Å². The van der Waals surface area contributed by atoms with Crippen LogP contribution in [0.4, 0.5) is 10.1 Å². The average molecular weight is 495 g/mol. The number of carbonyl (C=O) groups excluding carboxylic acids is 3. The highest BCUT2D eigenvalue weighted by atomic mass is 79.9. The number of carbonyl (C=O) groups is 3. The third kappa shape index (κ3) is 4.48. The van der Waals surface area contributed by atoms with E-state index in [4.69, 9.17) is 0 Å². The molecule has 4 rings (SSSR count). The Balaban J connectivity index is 1.68. The Morgan fingerprint density at radius 3 is 2.25 bits per heavy atom. The molecule has 0 aromatic heterocycles. The maximum absolute atomic E-state index is 13.4. The monoisotopic (exact) mass is 494 g/mol. The number of aryl methyl sites for hydroxylation is 1. The molecule has 5 nitrogen and oxygen atoms in total. The SMILES string of the molecule is Cc1ccc(C(=O)N(Cc2ccc(F)cc2)C2CC(=O)N(c3ccc(Br)cc3)C2=O)cc1. The van der Waals surface area contributed by atoms with Crippen LogP contribution in [0.5, 0.6) is 0 Å². The summed E-state index contributed by atoms with van der Waals surface area (Å²) in [6.45, 7) is 1.99. The Bertz CT molecular complexity index is 1160. The first-order chi connectivity index (χ1) is 15.3. The number of imide groups is 1. The van der Waals surface area contributed by atoms with Crippen LogP contribution in [0.2, 0.25) is 0 Å². The van der Waals surface area contributed by atoms with E-state index in [2.05, 4.69) is 15.9 Å². The van der Waals surface area contributed by atoms with Gasteiger partial charge in [-0.1, -0.05) is 45.8 Å². The summed E-state index contributed by atoms with van der Waals surface area (Å²) < 4.78 is 14.2. The van der Waals surface area contributed by atoms with Crippen molar-refractivity contribution < 1.29 is 18.8 Å². The Hall–Kier alpha value is -3.32. The van der Waals surface area contributed by atoms with Gasteiger partial charge in [-0.3, -0.25) is 14.4 Å². The topological polar surface area (TPSA) is 57.7 Å². The van der Waals surface area contributed by atoms with E-state index in [1.807, 2.05) is 19.1 Å². The fourth-order valence-electron chi connectivity index (χ4n) is 3.69. The Kier molecular flexibility index (Phi) is 6.19. The Labute approximate surface area is 193 Å². The third-order valence-electron chi connectivity index (χ3n) is 5.41. The van der Waals surface area contributed by atoms with Gasteiger partial charge in [0, 0.05) is 16.6 Å². The van der Waals surface area contributed by atoms with Crippen LogP contribution in [-0.4, -0.2) is 28.7 Å². The maximum Gasteiger partial charge on any atom is 0.257 e. The van der Waals surface area contributed by atoms with Crippen LogP contribution in [0.1, 0.15) is 27.9 Å². The molecule has 3 aromatic carbocycles. The van der Waals surface area contributed by atoms with E-state index < -0.39 is 17.8 Å². The Morgan fingerprint density at radius 1 is 1.00 bits per heavy atom. The smallest absolute Gasteiger partial charge is 0.257 e. The number of benzene rings is 3. The number of rotatable bonds is 5. The summed E-state index contributed by atoms with van der Waals surface area (Å²) in [5.41, 5.74) is 2.53. The number of halogens is 2. The van der Waals surface area contributed by atoms with Crippen LogP contribution in [0.25, 0.3) is 0 Å². The van der Waals surface area contributed by atoms with Crippen molar-refractivity contribution in [1.82, 2.24) is 4.90 Å². The molecule has 1 saturated heterocycles. The summed E-state index contributed by atoms with van der Waals surface area (Å²) in [5.74, 6) is -1.58. The zero-order chi connectivity index (χ0) is 22.8. The predicted molar refractivity (Wildman–Crippen MR) is 122 cm³/mol. The highest BCUT2D eigenvalue weighted by Crippen LogP contribution is 2.29. The van der Waals surface area contributed by atoms with E-state index in [9.17, 15) is 18.8 Å². The first kappa shape index (κ1) is 21.9. The molecule has 1 aliphatic heterocycles. The molecule has 1 unspecified atom stereocenters. The minimum atomic E-state index is -0.954. The summed E-state index contributed by atoms with van der Waals surface area (Å²) in [7, 11) is 0. The molecule has 0 bridgehead atoms. The molecule has 0 saturated carbocycles. The molecule has 0 aliphatic carbocycles. The minimum absolute atomic E-state index is 0.0743. The lowest BCUT2D eigenvalue weighted by Crippen LogP contribution is -2.45. The summed E-state index contributed by atoms with van der Waals surface area (Å²) in [4.78, 5) is 42.0. The van der Waals surface area contributed by atoms with Crippen molar-refractivity contribution in [2.75, 3.05) is 4.90 Å². The highest BCUT2D eigenvalue weighted by molar-refractivity contribution is 9.10. The van der Waals surface area contributed by atoms with E-state index in [0.717, 1.165) is 14.9 Å². The molecule has 7 heteroatoms. The highest BCUT2D eigenvalue weighted by Gasteiger charge is 2.44. The van der Waals surface area contributed by atoms with E-state index >= 15 is 0 Å². The van der Waals surface area contributed by atoms with Crippen molar-refractivity contribution >= 4 is 39.3 Å². The fraction of sp³-hybridized carbons (Fsp3) is 0.160. The molecule has 0 spiro atoms. The average Bonchev–Trinajstić information content (AvgIpc) is 3.08. The number of hydrogen-bond donors (Lipinski definition) is 0. The number of anilines is 1. The van der Waals surface area contributed by atoms with Crippen molar-refractivity contribution in [3.63, 3.8) is 0 Å². The first-order valence-corrected chi connectivity index (χ1v) is 10.9. The molecule has 32 heavy (non-hydrogen) atoms. The quantitative estimate of drug-likeness (QED) is 0.475. The van der Waals surface area contributed by atoms with Crippen molar-refractivity contribution in [3.05, 3.63) is 99.8 Å². The lowest BCUT2D eigenvalue weighted by atomic mass is 10.1. The van der Waals surface area contributed by atoms with E-state index in [1.54, 1.807) is 48.5 Å². The fourth-order valence-corrected chi connectivity index (χ4v) is 3.96. The van der Waals surface area contributed by atoms with Gasteiger partial charge in [-0.2, -0.15) is 0 Å². The molecular formula is C25H20BrFN2O3. The van der Waals surface area contributed by atoms with Crippen molar-refractivity contribution in [2.45, 2.75) is 25.9 Å². The van der Waals surface area contributed by atoms with Gasteiger partial charge in [-0.05, 0) is 61.0 Å². The van der Waals surface area contributed by atoms with Gasteiger partial charge in [0.15, 0.2) is 0 Å². The second kappa shape index (κ2) is 9.04. The molecule has 3 aromatic rings. The van der Waals surface area contributed by atoms with Crippen molar-refractivity contribution in [1.29, 1.82) is 0 Å². The van der Waals surface area contributed by atoms with Gasteiger partial charge in [0.05, 0.1) is 12.1 Å².